The lowest BCUT2D eigenvalue weighted by atomic mass is 9.98. The molecule has 1 aromatic carbocycles. The van der Waals surface area contributed by atoms with Gasteiger partial charge in [0.15, 0.2) is 11.3 Å². The molecule has 0 spiro atoms. The lowest BCUT2D eigenvalue weighted by molar-refractivity contribution is -0.151. The van der Waals surface area contributed by atoms with Crippen molar-refractivity contribution < 1.29 is 24.2 Å². The second kappa shape index (κ2) is 5.32. The van der Waals surface area contributed by atoms with Gasteiger partial charge in [-0.25, -0.2) is 9.59 Å². The number of nitrogens with zero attached hydrogens (tertiary/aromatic N) is 1. The maximum atomic E-state index is 12.0. The van der Waals surface area contributed by atoms with Crippen LogP contribution in [0.2, 0.25) is 0 Å². The zero-order chi connectivity index (χ0) is 14.8. The van der Waals surface area contributed by atoms with E-state index >= 15 is 0 Å². The van der Waals surface area contributed by atoms with Crippen LogP contribution in [0.3, 0.4) is 0 Å². The third-order valence-electron chi connectivity index (χ3n) is 3.49. The molecule has 1 amide bonds. The number of hydrogen-bond donors (Lipinski definition) is 1. The minimum atomic E-state index is -1.83. The van der Waals surface area contributed by atoms with E-state index in [0.717, 1.165) is 10.5 Å². The Morgan fingerprint density at radius 2 is 2.00 bits per heavy atom. The Balaban J connectivity index is 2.06. The second-order valence-electron chi connectivity index (χ2n) is 4.74. The Bertz CT molecular complexity index is 542. The molecule has 1 heterocycles. The summed E-state index contributed by atoms with van der Waals surface area (Å²) in [5.41, 5.74) is -1.03. The predicted octanol–water partition coefficient (Wildman–Crippen LogP) is 1.44. The van der Waals surface area contributed by atoms with Crippen LogP contribution in [-0.4, -0.2) is 39.9 Å². The highest BCUT2D eigenvalue weighted by Gasteiger charge is 2.53. The monoisotopic (exact) mass is 277 g/mol. The van der Waals surface area contributed by atoms with Gasteiger partial charge >= 0.3 is 12.1 Å². The summed E-state index contributed by atoms with van der Waals surface area (Å²) >= 11 is 0. The number of carboxylic acids is 1. The molecule has 2 rings (SSSR count). The van der Waals surface area contributed by atoms with Gasteiger partial charge < -0.3 is 9.84 Å². The quantitative estimate of drug-likeness (QED) is 0.845. The van der Waals surface area contributed by atoms with Gasteiger partial charge in [-0.15, -0.1) is 0 Å². The fourth-order valence-corrected chi connectivity index (χ4v) is 2.14. The van der Waals surface area contributed by atoms with E-state index in [-0.39, 0.29) is 19.6 Å². The molecule has 0 radical (unpaired) electrons. The molecule has 1 atom stereocenters. The molecule has 1 aliphatic heterocycles. The Morgan fingerprint density at radius 3 is 2.60 bits per heavy atom. The molecule has 1 N–H and O–H groups in total. The van der Waals surface area contributed by atoms with Crippen molar-refractivity contribution in [3.8, 4) is 0 Å². The smallest absolute Gasteiger partial charge is 0.411 e. The average molecular weight is 277 g/mol. The summed E-state index contributed by atoms with van der Waals surface area (Å²) < 4.78 is 5.08. The van der Waals surface area contributed by atoms with Gasteiger partial charge in [-0.1, -0.05) is 30.3 Å². The number of likely N-dealkylation sites (tertiary alicyclic amines) is 1. The molecule has 0 aromatic heterocycles. The molecule has 1 saturated heterocycles. The number of carbonyl (C=O) groups excluding carboxylic acids is 2. The van der Waals surface area contributed by atoms with Crippen LogP contribution in [0.1, 0.15) is 18.9 Å². The van der Waals surface area contributed by atoms with Gasteiger partial charge in [0.05, 0.1) is 0 Å². The van der Waals surface area contributed by atoms with Crippen molar-refractivity contribution in [1.82, 2.24) is 4.90 Å². The van der Waals surface area contributed by atoms with Gasteiger partial charge in [-0.05, 0) is 12.5 Å². The minimum absolute atomic E-state index is 0.0310. The van der Waals surface area contributed by atoms with E-state index in [4.69, 9.17) is 4.74 Å². The predicted molar refractivity (Wildman–Crippen MR) is 69.0 cm³/mol. The van der Waals surface area contributed by atoms with E-state index in [0.29, 0.717) is 0 Å². The highest BCUT2D eigenvalue weighted by molar-refractivity contribution is 6.11. The third-order valence-corrected chi connectivity index (χ3v) is 3.49. The largest absolute Gasteiger partial charge is 0.479 e. The van der Waals surface area contributed by atoms with Crippen molar-refractivity contribution in [2.45, 2.75) is 25.5 Å². The first-order chi connectivity index (χ1) is 9.46. The first kappa shape index (κ1) is 14.0. The SMILES string of the molecule is CC1(C(=O)O)C(=O)CCN1C(=O)OCc1ccccc1. The highest BCUT2D eigenvalue weighted by atomic mass is 16.6. The number of amides is 1. The number of rotatable bonds is 3. The fourth-order valence-electron chi connectivity index (χ4n) is 2.14. The van der Waals surface area contributed by atoms with Gasteiger partial charge in [-0.2, -0.15) is 0 Å². The lowest BCUT2D eigenvalue weighted by Crippen LogP contribution is -2.54. The zero-order valence-electron chi connectivity index (χ0n) is 11.0. The van der Waals surface area contributed by atoms with Gasteiger partial charge in [0, 0.05) is 13.0 Å². The Hall–Kier alpha value is -2.37. The number of aliphatic carboxylic acids is 1. The Labute approximate surface area is 115 Å². The van der Waals surface area contributed by atoms with Crippen molar-refractivity contribution in [3.05, 3.63) is 35.9 Å². The van der Waals surface area contributed by atoms with E-state index < -0.39 is 23.4 Å². The van der Waals surface area contributed by atoms with Crippen LogP contribution < -0.4 is 0 Å². The van der Waals surface area contributed by atoms with Crippen LogP contribution in [0.25, 0.3) is 0 Å². The Kier molecular flexibility index (Phi) is 3.74. The van der Waals surface area contributed by atoms with Gasteiger partial charge in [-0.3, -0.25) is 9.69 Å². The van der Waals surface area contributed by atoms with E-state index in [1.165, 1.54) is 6.92 Å². The molecule has 0 bridgehead atoms. The van der Waals surface area contributed by atoms with E-state index in [2.05, 4.69) is 0 Å². The highest BCUT2D eigenvalue weighted by Crippen LogP contribution is 2.27. The van der Waals surface area contributed by atoms with Crippen molar-refractivity contribution in [3.63, 3.8) is 0 Å². The summed E-state index contributed by atoms with van der Waals surface area (Å²) in [4.78, 5) is 35.9. The minimum Gasteiger partial charge on any atom is -0.479 e. The van der Waals surface area contributed by atoms with Crippen LogP contribution >= 0.6 is 0 Å². The Morgan fingerprint density at radius 1 is 1.35 bits per heavy atom. The van der Waals surface area contributed by atoms with Crippen molar-refractivity contribution in [1.29, 1.82) is 0 Å². The first-order valence-corrected chi connectivity index (χ1v) is 6.21. The molecule has 1 aliphatic rings. The number of ketones is 1. The number of Topliss-reactive ketones (excluding diaryl/α,β-unsaturated/α-hetero) is 1. The maximum Gasteiger partial charge on any atom is 0.411 e. The number of benzene rings is 1. The topological polar surface area (TPSA) is 83.9 Å². The summed E-state index contributed by atoms with van der Waals surface area (Å²) in [6.07, 6.45) is -0.756. The average Bonchev–Trinajstić information content (AvgIpc) is 2.75. The van der Waals surface area contributed by atoms with Crippen molar-refractivity contribution in [2.24, 2.45) is 0 Å². The molecule has 1 fully saturated rings. The maximum absolute atomic E-state index is 12.0. The molecule has 20 heavy (non-hydrogen) atoms. The normalized spacial score (nSPS) is 21.9. The van der Waals surface area contributed by atoms with Gasteiger partial charge in [0.2, 0.25) is 0 Å². The fraction of sp³-hybridized carbons (Fsp3) is 0.357. The summed E-state index contributed by atoms with van der Waals surface area (Å²) in [5.74, 6) is -1.82. The molecule has 1 aromatic rings. The number of carbonyl (C=O) groups is 3. The summed E-state index contributed by atoms with van der Waals surface area (Å²) in [6, 6.07) is 9.04. The number of carboxylic acid groups (broad SMARTS) is 1. The number of ether oxygens (including phenoxy) is 1. The van der Waals surface area contributed by atoms with E-state index in [9.17, 15) is 19.5 Å². The van der Waals surface area contributed by atoms with Crippen LogP contribution in [0.15, 0.2) is 30.3 Å². The first-order valence-electron chi connectivity index (χ1n) is 6.21. The molecule has 6 heteroatoms. The zero-order valence-corrected chi connectivity index (χ0v) is 11.0. The second-order valence-corrected chi connectivity index (χ2v) is 4.74. The van der Waals surface area contributed by atoms with Gasteiger partial charge in [0.1, 0.15) is 6.61 Å². The molecule has 1 unspecified atom stereocenters. The molecule has 106 valence electrons. The van der Waals surface area contributed by atoms with Crippen molar-refractivity contribution in [2.75, 3.05) is 6.54 Å². The van der Waals surface area contributed by atoms with Crippen LogP contribution in [0.4, 0.5) is 4.79 Å². The molecule has 0 aliphatic carbocycles. The molecule has 0 saturated carbocycles. The molecular weight excluding hydrogens is 262 g/mol. The van der Waals surface area contributed by atoms with Crippen LogP contribution in [0, 0.1) is 0 Å². The molecular formula is C14H15NO5. The van der Waals surface area contributed by atoms with Crippen molar-refractivity contribution >= 4 is 17.8 Å². The van der Waals surface area contributed by atoms with E-state index in [1.807, 2.05) is 18.2 Å². The standard InChI is InChI=1S/C14H15NO5/c1-14(12(17)18)11(16)7-8-15(14)13(19)20-9-10-5-3-2-4-6-10/h2-6H,7-9H2,1H3,(H,17,18). The number of hydrogen-bond acceptors (Lipinski definition) is 4. The summed E-state index contributed by atoms with van der Waals surface area (Å²) in [5, 5.41) is 9.18. The van der Waals surface area contributed by atoms with Crippen LogP contribution in [-0.2, 0) is 20.9 Å². The molecule has 6 nitrogen and oxygen atoms in total. The summed E-state index contributed by atoms with van der Waals surface area (Å²) in [7, 11) is 0. The lowest BCUT2D eigenvalue weighted by Gasteiger charge is -2.28. The third kappa shape index (κ3) is 2.36. The van der Waals surface area contributed by atoms with Crippen LogP contribution in [0.5, 0.6) is 0 Å². The summed E-state index contributed by atoms with van der Waals surface area (Å²) in [6.45, 7) is 1.34. The van der Waals surface area contributed by atoms with Gasteiger partial charge in [0.25, 0.3) is 0 Å². The van der Waals surface area contributed by atoms with E-state index in [1.54, 1.807) is 12.1 Å².